The zero-order valence-corrected chi connectivity index (χ0v) is 24.3. The van der Waals surface area contributed by atoms with Gasteiger partial charge < -0.3 is 24.5 Å². The molecule has 1 aromatic carbocycles. The molecule has 3 fully saturated rings. The summed E-state index contributed by atoms with van der Waals surface area (Å²) >= 11 is 0. The van der Waals surface area contributed by atoms with Crippen LogP contribution in [0.15, 0.2) is 54.6 Å². The highest BCUT2D eigenvalue weighted by molar-refractivity contribution is 6.00. The van der Waals surface area contributed by atoms with Gasteiger partial charge in [-0.1, -0.05) is 80.8 Å². The number of nitrogens with zero attached hydrogens (tertiary/aromatic N) is 3. The molecular weight excluding hydrogens is 518 g/mol. The first-order valence-corrected chi connectivity index (χ1v) is 15.5. The Morgan fingerprint density at radius 3 is 2.39 bits per heavy atom. The fraction of sp³-hybridized carbons (Fsp3) is 0.606. The normalized spacial score (nSPS) is 34.4. The molecule has 1 N–H and O–H groups in total. The van der Waals surface area contributed by atoms with Gasteiger partial charge in [-0.25, -0.2) is 0 Å². The molecule has 8 heteroatoms. The lowest BCUT2D eigenvalue weighted by Gasteiger charge is -2.42. The number of carbonyl (C=O) groups is 3. The SMILES string of the molecule is CCCN1CC=C[C@@]2(C)O[C@]34C=CCN(C5CCCCC5)C(=O)C3N([C@@H](CO)Cc3ccccc3)C(=O)[C@@H]4[C@H]2C1=O. The van der Waals surface area contributed by atoms with E-state index in [-0.39, 0.29) is 30.4 Å². The zero-order chi connectivity index (χ0) is 28.8. The predicted molar refractivity (Wildman–Crippen MR) is 155 cm³/mol. The molecule has 4 aliphatic heterocycles. The quantitative estimate of drug-likeness (QED) is 0.517. The number of rotatable bonds is 7. The third-order valence-electron chi connectivity index (χ3n) is 10.0. The molecule has 2 saturated heterocycles. The van der Waals surface area contributed by atoms with Gasteiger partial charge in [0.2, 0.25) is 17.7 Å². The molecule has 1 spiro atoms. The van der Waals surface area contributed by atoms with Crippen LogP contribution in [0.4, 0.5) is 0 Å². The molecule has 41 heavy (non-hydrogen) atoms. The van der Waals surface area contributed by atoms with Crippen LogP contribution in [0.5, 0.6) is 0 Å². The van der Waals surface area contributed by atoms with E-state index in [9.17, 15) is 19.5 Å². The summed E-state index contributed by atoms with van der Waals surface area (Å²) in [7, 11) is 0. The number of carbonyl (C=O) groups excluding carboxylic acids is 3. The molecule has 6 atom stereocenters. The minimum Gasteiger partial charge on any atom is -0.394 e. The molecule has 220 valence electrons. The van der Waals surface area contributed by atoms with Crippen LogP contribution in [0.25, 0.3) is 0 Å². The van der Waals surface area contributed by atoms with Crippen molar-refractivity contribution in [2.45, 2.75) is 88.1 Å². The summed E-state index contributed by atoms with van der Waals surface area (Å²) in [6.45, 7) is 5.15. The van der Waals surface area contributed by atoms with Crippen LogP contribution in [-0.4, -0.2) is 93.1 Å². The highest BCUT2D eigenvalue weighted by Gasteiger charge is 2.75. The Labute approximate surface area is 243 Å². The molecule has 6 rings (SSSR count). The molecule has 5 aliphatic rings. The van der Waals surface area contributed by atoms with Crippen LogP contribution in [0.1, 0.15) is 57.9 Å². The van der Waals surface area contributed by atoms with Crippen LogP contribution in [-0.2, 0) is 25.5 Å². The smallest absolute Gasteiger partial charge is 0.249 e. The monoisotopic (exact) mass is 561 g/mol. The Balaban J connectivity index is 1.46. The van der Waals surface area contributed by atoms with E-state index < -0.39 is 35.1 Å². The van der Waals surface area contributed by atoms with Crippen molar-refractivity contribution in [2.24, 2.45) is 11.8 Å². The fourth-order valence-corrected chi connectivity index (χ4v) is 8.25. The van der Waals surface area contributed by atoms with E-state index in [1.807, 2.05) is 78.3 Å². The predicted octanol–water partition coefficient (Wildman–Crippen LogP) is 3.10. The van der Waals surface area contributed by atoms with Crippen molar-refractivity contribution in [1.82, 2.24) is 14.7 Å². The summed E-state index contributed by atoms with van der Waals surface area (Å²) in [5.74, 6) is -2.13. The van der Waals surface area contributed by atoms with Crippen LogP contribution >= 0.6 is 0 Å². The summed E-state index contributed by atoms with van der Waals surface area (Å²) in [6, 6.07) is 8.27. The van der Waals surface area contributed by atoms with Crippen molar-refractivity contribution in [3.63, 3.8) is 0 Å². The van der Waals surface area contributed by atoms with Crippen molar-refractivity contribution in [3.8, 4) is 0 Å². The van der Waals surface area contributed by atoms with Crippen molar-refractivity contribution in [3.05, 3.63) is 60.2 Å². The topological polar surface area (TPSA) is 90.4 Å². The molecule has 1 unspecified atom stereocenters. The standard InChI is InChI=1S/C33H43N3O5/c1-3-18-34-19-10-16-32(2)26(29(34)38)27-30(39)36(25(22-37)21-23-12-6-4-7-13-23)28-31(40)35(24-14-8-5-9-15-24)20-11-17-33(27,28)41-32/h4,6-7,10-13,16-17,24-28,37H,3,5,8-9,14-15,18-22H2,1-2H3/t25-,26+,27+,28?,32-,33+/m1/s1. The highest BCUT2D eigenvalue weighted by atomic mass is 16.5. The molecule has 0 aromatic heterocycles. The van der Waals surface area contributed by atoms with Crippen LogP contribution < -0.4 is 0 Å². The number of hydrogen-bond donors (Lipinski definition) is 1. The number of hydrogen-bond acceptors (Lipinski definition) is 5. The summed E-state index contributed by atoms with van der Waals surface area (Å²) in [4.78, 5) is 49.0. The second-order valence-electron chi connectivity index (χ2n) is 12.6. The van der Waals surface area contributed by atoms with Gasteiger partial charge in [0.1, 0.15) is 11.6 Å². The number of benzene rings is 1. The Bertz CT molecular complexity index is 1230. The zero-order valence-electron chi connectivity index (χ0n) is 24.3. The lowest BCUT2D eigenvalue weighted by Crippen LogP contribution is -2.60. The third kappa shape index (κ3) is 4.54. The van der Waals surface area contributed by atoms with E-state index in [4.69, 9.17) is 4.74 Å². The van der Waals surface area contributed by atoms with Crippen LogP contribution in [0, 0.1) is 11.8 Å². The summed E-state index contributed by atoms with van der Waals surface area (Å²) in [6.07, 6.45) is 14.2. The average Bonchev–Trinajstić information content (AvgIpc) is 3.26. The fourth-order valence-electron chi connectivity index (χ4n) is 8.25. The summed E-state index contributed by atoms with van der Waals surface area (Å²) in [5, 5.41) is 10.7. The van der Waals surface area contributed by atoms with Gasteiger partial charge in [-0.15, -0.1) is 0 Å². The summed E-state index contributed by atoms with van der Waals surface area (Å²) in [5.41, 5.74) is -1.35. The molecule has 3 amide bonds. The number of amides is 3. The lowest BCUT2D eigenvalue weighted by atomic mass is 9.74. The van der Waals surface area contributed by atoms with E-state index >= 15 is 0 Å². The average molecular weight is 562 g/mol. The Kier molecular flexibility index (Phi) is 7.57. The first-order chi connectivity index (χ1) is 19.8. The van der Waals surface area contributed by atoms with Crippen LogP contribution in [0.2, 0.25) is 0 Å². The second kappa shape index (κ2) is 11.0. The number of ether oxygens (including phenoxy) is 1. The van der Waals surface area contributed by atoms with Crippen LogP contribution in [0.3, 0.4) is 0 Å². The van der Waals surface area contributed by atoms with Gasteiger partial charge in [0, 0.05) is 25.7 Å². The molecule has 1 aromatic rings. The van der Waals surface area contributed by atoms with E-state index in [1.54, 1.807) is 4.90 Å². The highest BCUT2D eigenvalue weighted by Crippen LogP contribution is 2.58. The third-order valence-corrected chi connectivity index (χ3v) is 10.0. The Morgan fingerprint density at radius 2 is 1.68 bits per heavy atom. The van der Waals surface area contributed by atoms with Gasteiger partial charge in [-0.05, 0) is 38.2 Å². The van der Waals surface area contributed by atoms with Gasteiger partial charge in [0.05, 0.1) is 30.1 Å². The number of aliphatic hydroxyl groups is 1. The van der Waals surface area contributed by atoms with Crippen molar-refractivity contribution in [1.29, 1.82) is 0 Å². The summed E-state index contributed by atoms with van der Waals surface area (Å²) < 4.78 is 6.96. The van der Waals surface area contributed by atoms with E-state index in [1.165, 1.54) is 6.42 Å². The molecule has 1 saturated carbocycles. The minimum atomic E-state index is -1.30. The molecule has 0 radical (unpaired) electrons. The lowest BCUT2D eigenvalue weighted by molar-refractivity contribution is -0.157. The number of aliphatic hydroxyl groups excluding tert-OH is 1. The number of likely N-dealkylation sites (tertiary alicyclic amines) is 1. The first-order valence-electron chi connectivity index (χ1n) is 15.5. The largest absolute Gasteiger partial charge is 0.394 e. The molecule has 0 bridgehead atoms. The van der Waals surface area contributed by atoms with Crippen molar-refractivity contribution >= 4 is 17.7 Å². The van der Waals surface area contributed by atoms with Gasteiger partial charge >= 0.3 is 0 Å². The maximum absolute atomic E-state index is 14.7. The van der Waals surface area contributed by atoms with Gasteiger partial charge in [0.25, 0.3) is 0 Å². The maximum atomic E-state index is 14.7. The Hall–Kier alpha value is -2.97. The van der Waals surface area contributed by atoms with E-state index in [2.05, 4.69) is 0 Å². The molecular formula is C33H43N3O5. The maximum Gasteiger partial charge on any atom is 0.249 e. The molecule has 4 heterocycles. The van der Waals surface area contributed by atoms with Crippen molar-refractivity contribution < 1.29 is 24.2 Å². The molecule has 8 nitrogen and oxygen atoms in total. The van der Waals surface area contributed by atoms with Gasteiger partial charge in [-0.3, -0.25) is 14.4 Å². The molecule has 1 aliphatic carbocycles. The number of fused-ring (bicyclic) bond motifs is 2. The van der Waals surface area contributed by atoms with Gasteiger partial charge in [0.15, 0.2) is 0 Å². The van der Waals surface area contributed by atoms with E-state index in [0.29, 0.717) is 26.1 Å². The van der Waals surface area contributed by atoms with E-state index in [0.717, 1.165) is 37.7 Å². The van der Waals surface area contributed by atoms with Crippen molar-refractivity contribution in [2.75, 3.05) is 26.2 Å². The minimum absolute atomic E-state index is 0.104. The first kappa shape index (κ1) is 28.2. The Morgan fingerprint density at radius 1 is 0.951 bits per heavy atom. The second-order valence-corrected chi connectivity index (χ2v) is 12.6. The van der Waals surface area contributed by atoms with Gasteiger partial charge in [-0.2, -0.15) is 0 Å².